The monoisotopic (exact) mass is 371 g/mol. The second-order valence-electron chi connectivity index (χ2n) is 6.57. The van der Waals surface area contributed by atoms with Crippen molar-refractivity contribution < 1.29 is 9.90 Å². The number of aliphatic hydroxyl groups excluding tert-OH is 1. The summed E-state index contributed by atoms with van der Waals surface area (Å²) in [6, 6.07) is 5.47. The number of nitrogens with one attached hydrogen (secondary N) is 1. The van der Waals surface area contributed by atoms with Crippen LogP contribution < -0.4 is 5.32 Å². The first-order valence-electron chi connectivity index (χ1n) is 8.37. The van der Waals surface area contributed by atoms with Gasteiger partial charge in [-0.1, -0.05) is 29.3 Å². The fourth-order valence-electron chi connectivity index (χ4n) is 3.45. The molecule has 2 N–H and O–H groups in total. The number of benzene rings is 1. The maximum Gasteiger partial charge on any atom is 0.227 e. The predicted molar refractivity (Wildman–Crippen MR) is 95.6 cm³/mol. The van der Waals surface area contributed by atoms with Crippen LogP contribution in [-0.2, 0) is 11.2 Å². The van der Waals surface area contributed by atoms with Gasteiger partial charge in [0.05, 0.1) is 28.6 Å². The van der Waals surface area contributed by atoms with Gasteiger partial charge in [-0.25, -0.2) is 0 Å². The topological polar surface area (TPSA) is 55.8 Å². The van der Waals surface area contributed by atoms with Gasteiger partial charge in [0.15, 0.2) is 0 Å². The van der Waals surface area contributed by atoms with E-state index in [9.17, 15) is 9.90 Å². The van der Waals surface area contributed by atoms with Crippen LogP contribution in [0.2, 0.25) is 10.0 Å². The van der Waals surface area contributed by atoms with Crippen molar-refractivity contribution in [3.63, 3.8) is 0 Å². The van der Waals surface area contributed by atoms with Crippen LogP contribution in [0.5, 0.6) is 0 Å². The highest BCUT2D eigenvalue weighted by Gasteiger charge is 2.30. The molecule has 1 aromatic carbocycles. The van der Waals surface area contributed by atoms with E-state index >= 15 is 0 Å². The van der Waals surface area contributed by atoms with Crippen LogP contribution in [0.3, 0.4) is 0 Å². The van der Waals surface area contributed by atoms with E-state index in [1.807, 2.05) is 11.0 Å². The lowest BCUT2D eigenvalue weighted by molar-refractivity contribution is -0.134. The highest BCUT2D eigenvalue weighted by molar-refractivity contribution is 6.42. The van der Waals surface area contributed by atoms with Crippen molar-refractivity contribution in [1.29, 1.82) is 0 Å². The minimum absolute atomic E-state index is 0.111. The number of piperazine rings is 1. The largest absolute Gasteiger partial charge is 0.392 e. The lowest BCUT2D eigenvalue weighted by Crippen LogP contribution is -2.57. The zero-order chi connectivity index (χ0) is 17.1. The van der Waals surface area contributed by atoms with Gasteiger partial charge in [-0.3, -0.25) is 9.69 Å². The van der Waals surface area contributed by atoms with E-state index in [4.69, 9.17) is 23.2 Å². The van der Waals surface area contributed by atoms with Crippen molar-refractivity contribution >= 4 is 29.1 Å². The number of likely N-dealkylation sites (tertiary alicyclic amines) is 1. The van der Waals surface area contributed by atoms with E-state index in [-0.39, 0.29) is 18.1 Å². The van der Waals surface area contributed by atoms with Crippen LogP contribution >= 0.6 is 23.2 Å². The summed E-state index contributed by atoms with van der Waals surface area (Å²) in [7, 11) is 0. The number of nitrogens with zero attached hydrogens (tertiary/aromatic N) is 2. The summed E-state index contributed by atoms with van der Waals surface area (Å²) < 4.78 is 0. The predicted octanol–water partition coefficient (Wildman–Crippen LogP) is 1.40. The van der Waals surface area contributed by atoms with Gasteiger partial charge < -0.3 is 15.3 Å². The highest BCUT2D eigenvalue weighted by Crippen LogP contribution is 2.23. The third-order valence-electron chi connectivity index (χ3n) is 4.73. The van der Waals surface area contributed by atoms with Crippen molar-refractivity contribution in [2.75, 3.05) is 39.3 Å². The number of hydrogen-bond donors (Lipinski definition) is 2. The number of halogens is 2. The molecular weight excluding hydrogens is 349 g/mol. The number of β-amino-alcohol motifs (C(OH)–C–C–N with tert-alkyl or cyclic N) is 1. The second kappa shape index (κ2) is 8.02. The van der Waals surface area contributed by atoms with Crippen molar-refractivity contribution in [2.24, 2.45) is 0 Å². The van der Waals surface area contributed by atoms with Crippen LogP contribution in [0.25, 0.3) is 0 Å². The standard InChI is InChI=1S/C17H23Cl2N3O2/c18-15-2-1-12(7-16(15)19)8-17(24)22-6-4-20-9-13(22)10-21-5-3-14(23)11-21/h1-2,7,13-14,20,23H,3-6,8-11H2/t13-,14-/m0/s1. The van der Waals surface area contributed by atoms with Crippen LogP contribution in [-0.4, -0.2) is 72.2 Å². The third kappa shape index (κ3) is 4.41. The Kier molecular flexibility index (Phi) is 6.00. The first-order chi connectivity index (χ1) is 11.5. The molecule has 0 bridgehead atoms. The Morgan fingerprint density at radius 2 is 2.12 bits per heavy atom. The number of amides is 1. The quantitative estimate of drug-likeness (QED) is 0.839. The van der Waals surface area contributed by atoms with Gasteiger partial charge in [-0.15, -0.1) is 0 Å². The molecule has 0 unspecified atom stereocenters. The van der Waals surface area contributed by atoms with E-state index in [0.717, 1.165) is 38.2 Å². The summed E-state index contributed by atoms with van der Waals surface area (Å²) in [6.45, 7) is 4.71. The van der Waals surface area contributed by atoms with E-state index in [2.05, 4.69) is 10.2 Å². The van der Waals surface area contributed by atoms with Crippen molar-refractivity contribution in [2.45, 2.75) is 25.0 Å². The van der Waals surface area contributed by atoms with Crippen LogP contribution in [0.15, 0.2) is 18.2 Å². The highest BCUT2D eigenvalue weighted by atomic mass is 35.5. The minimum atomic E-state index is -0.234. The molecule has 7 heteroatoms. The zero-order valence-corrected chi connectivity index (χ0v) is 15.1. The smallest absolute Gasteiger partial charge is 0.227 e. The molecule has 2 fully saturated rings. The molecule has 5 nitrogen and oxygen atoms in total. The van der Waals surface area contributed by atoms with E-state index in [1.54, 1.807) is 12.1 Å². The fourth-order valence-corrected chi connectivity index (χ4v) is 3.77. The van der Waals surface area contributed by atoms with Crippen LogP contribution in [0.4, 0.5) is 0 Å². The maximum absolute atomic E-state index is 12.8. The molecule has 0 saturated carbocycles. The molecule has 1 amide bonds. The average molecular weight is 372 g/mol. The van der Waals surface area contributed by atoms with Crippen molar-refractivity contribution in [1.82, 2.24) is 15.1 Å². The Morgan fingerprint density at radius 3 is 2.83 bits per heavy atom. The van der Waals surface area contributed by atoms with Crippen molar-refractivity contribution in [3.8, 4) is 0 Å². The third-order valence-corrected chi connectivity index (χ3v) is 5.47. The van der Waals surface area contributed by atoms with Gasteiger partial charge in [0.1, 0.15) is 0 Å². The molecule has 0 aromatic heterocycles. The SMILES string of the molecule is O=C(Cc1ccc(Cl)c(Cl)c1)N1CCNC[C@H]1CN1CC[C@H](O)C1. The lowest BCUT2D eigenvalue weighted by Gasteiger charge is -2.38. The Hall–Kier alpha value is -0.850. The van der Waals surface area contributed by atoms with Gasteiger partial charge in [0.2, 0.25) is 5.91 Å². The Balaban J connectivity index is 1.63. The van der Waals surface area contributed by atoms with Gasteiger partial charge in [-0.2, -0.15) is 0 Å². The van der Waals surface area contributed by atoms with E-state index in [1.165, 1.54) is 0 Å². The number of rotatable bonds is 4. The molecule has 3 rings (SSSR count). The van der Waals surface area contributed by atoms with Gasteiger partial charge in [0.25, 0.3) is 0 Å². The number of aliphatic hydroxyl groups is 1. The molecule has 0 aliphatic carbocycles. The van der Waals surface area contributed by atoms with Gasteiger partial charge in [0, 0.05) is 39.3 Å². The summed E-state index contributed by atoms with van der Waals surface area (Å²) in [5.41, 5.74) is 0.878. The molecule has 2 aliphatic heterocycles. The van der Waals surface area contributed by atoms with Gasteiger partial charge >= 0.3 is 0 Å². The van der Waals surface area contributed by atoms with Crippen LogP contribution in [0.1, 0.15) is 12.0 Å². The average Bonchev–Trinajstić information content (AvgIpc) is 2.96. The molecule has 0 spiro atoms. The molecular formula is C17H23Cl2N3O2. The number of carbonyl (C=O) groups is 1. The summed E-state index contributed by atoms with van der Waals surface area (Å²) >= 11 is 12.0. The lowest BCUT2D eigenvalue weighted by atomic mass is 10.1. The number of carbonyl (C=O) groups excluding carboxylic acids is 1. The molecule has 2 saturated heterocycles. The Labute approximate surface area is 152 Å². The van der Waals surface area contributed by atoms with E-state index in [0.29, 0.717) is 29.6 Å². The van der Waals surface area contributed by atoms with E-state index < -0.39 is 0 Å². The molecule has 2 atom stereocenters. The zero-order valence-electron chi connectivity index (χ0n) is 13.5. The van der Waals surface area contributed by atoms with Crippen molar-refractivity contribution in [3.05, 3.63) is 33.8 Å². The van der Waals surface area contributed by atoms with Crippen LogP contribution in [0, 0.1) is 0 Å². The summed E-state index contributed by atoms with van der Waals surface area (Å²) in [5, 5.41) is 14.0. The summed E-state index contributed by atoms with van der Waals surface area (Å²) in [5.74, 6) is 0.111. The molecule has 2 heterocycles. The first-order valence-corrected chi connectivity index (χ1v) is 9.13. The summed E-state index contributed by atoms with van der Waals surface area (Å²) in [6.07, 6.45) is 0.912. The fraction of sp³-hybridized carbons (Fsp3) is 0.588. The molecule has 1 aromatic rings. The molecule has 24 heavy (non-hydrogen) atoms. The number of hydrogen-bond acceptors (Lipinski definition) is 4. The summed E-state index contributed by atoms with van der Waals surface area (Å²) in [4.78, 5) is 17.0. The molecule has 2 aliphatic rings. The Bertz CT molecular complexity index is 599. The molecule has 132 valence electrons. The maximum atomic E-state index is 12.8. The Morgan fingerprint density at radius 1 is 1.29 bits per heavy atom. The second-order valence-corrected chi connectivity index (χ2v) is 7.39. The first kappa shape index (κ1) is 18.0. The normalized spacial score (nSPS) is 25.2. The molecule has 0 radical (unpaired) electrons. The minimum Gasteiger partial charge on any atom is -0.392 e. The van der Waals surface area contributed by atoms with Gasteiger partial charge in [-0.05, 0) is 24.1 Å².